The quantitative estimate of drug-likeness (QED) is 0.367. The summed E-state index contributed by atoms with van der Waals surface area (Å²) in [6, 6.07) is 2.26. The van der Waals surface area contributed by atoms with Crippen LogP contribution in [0.2, 0.25) is 0 Å². The third-order valence-corrected chi connectivity index (χ3v) is 2.68. The predicted molar refractivity (Wildman–Crippen MR) is 60.9 cm³/mol. The number of nitro groups is 1. The van der Waals surface area contributed by atoms with Gasteiger partial charge >= 0.3 is 6.18 Å². The van der Waals surface area contributed by atoms with Gasteiger partial charge in [-0.1, -0.05) is 15.9 Å². The van der Waals surface area contributed by atoms with Crippen LogP contribution in [0.15, 0.2) is 12.1 Å². The Balaban J connectivity index is 3.71. The summed E-state index contributed by atoms with van der Waals surface area (Å²) < 4.78 is 38.2. The molecule has 1 aromatic carbocycles. The number of alkyl halides is 4. The summed E-state index contributed by atoms with van der Waals surface area (Å²) in [4.78, 5) is 20.9. The highest BCUT2D eigenvalue weighted by atomic mass is 79.9. The molecule has 0 aliphatic heterocycles. The van der Waals surface area contributed by atoms with Crippen molar-refractivity contribution in [1.82, 2.24) is 0 Å². The SMILES string of the molecule is N#Cc1c([N+](=O)[O-])cc(C(=O)CBr)cc1C(F)(F)F. The molecule has 0 amide bonds. The summed E-state index contributed by atoms with van der Waals surface area (Å²) in [5.74, 6) is -0.752. The molecule has 100 valence electrons. The maximum atomic E-state index is 12.7. The minimum absolute atomic E-state index is 0.284. The number of nitrogens with zero attached hydrogens (tertiary/aromatic N) is 2. The second-order valence-corrected chi connectivity index (χ2v) is 3.90. The molecule has 0 N–H and O–H groups in total. The standard InChI is InChI=1S/C10H4BrF3N2O3/c11-3-9(17)5-1-7(10(12,13)14)6(4-15)8(2-5)16(18)19/h1-2H,3H2. The monoisotopic (exact) mass is 336 g/mol. The van der Waals surface area contributed by atoms with Gasteiger partial charge in [0.2, 0.25) is 0 Å². The van der Waals surface area contributed by atoms with Crippen LogP contribution in [0.5, 0.6) is 0 Å². The molecule has 9 heteroatoms. The van der Waals surface area contributed by atoms with Gasteiger partial charge in [-0.3, -0.25) is 14.9 Å². The Morgan fingerprint density at radius 1 is 1.47 bits per heavy atom. The lowest BCUT2D eigenvalue weighted by Gasteiger charge is -2.10. The van der Waals surface area contributed by atoms with E-state index in [9.17, 15) is 28.1 Å². The molecular weight excluding hydrogens is 333 g/mol. The van der Waals surface area contributed by atoms with Gasteiger partial charge in [-0.15, -0.1) is 0 Å². The first-order valence-electron chi connectivity index (χ1n) is 4.61. The van der Waals surface area contributed by atoms with Crippen LogP contribution in [-0.2, 0) is 6.18 Å². The second-order valence-electron chi connectivity index (χ2n) is 3.34. The Labute approximate surface area is 112 Å². The zero-order valence-electron chi connectivity index (χ0n) is 8.99. The molecule has 0 unspecified atom stereocenters. The van der Waals surface area contributed by atoms with E-state index in [1.165, 1.54) is 0 Å². The number of ketones is 1. The molecule has 5 nitrogen and oxygen atoms in total. The maximum absolute atomic E-state index is 12.7. The van der Waals surface area contributed by atoms with Crippen molar-refractivity contribution >= 4 is 27.4 Å². The number of nitriles is 1. The van der Waals surface area contributed by atoms with Crippen LogP contribution in [-0.4, -0.2) is 16.0 Å². The van der Waals surface area contributed by atoms with Gasteiger partial charge in [0, 0.05) is 11.6 Å². The molecule has 0 radical (unpaired) electrons. The lowest BCUT2D eigenvalue weighted by Crippen LogP contribution is -2.13. The van der Waals surface area contributed by atoms with Gasteiger partial charge in [0.25, 0.3) is 5.69 Å². The van der Waals surface area contributed by atoms with Crippen LogP contribution in [0.25, 0.3) is 0 Å². The minimum atomic E-state index is -4.96. The molecule has 0 spiro atoms. The summed E-state index contributed by atoms with van der Waals surface area (Å²) >= 11 is 2.76. The lowest BCUT2D eigenvalue weighted by atomic mass is 10.00. The average molecular weight is 337 g/mol. The molecule has 0 heterocycles. The van der Waals surface area contributed by atoms with Crippen molar-refractivity contribution < 1.29 is 22.9 Å². The average Bonchev–Trinajstić information content (AvgIpc) is 2.34. The van der Waals surface area contributed by atoms with Gasteiger partial charge in [0.15, 0.2) is 5.78 Å². The fourth-order valence-electron chi connectivity index (χ4n) is 1.35. The molecule has 0 atom stereocenters. The Morgan fingerprint density at radius 3 is 2.42 bits per heavy atom. The van der Waals surface area contributed by atoms with Crippen LogP contribution in [0.3, 0.4) is 0 Å². The van der Waals surface area contributed by atoms with Gasteiger partial charge < -0.3 is 0 Å². The molecule has 1 rings (SSSR count). The van der Waals surface area contributed by atoms with E-state index < -0.39 is 39.3 Å². The number of Topliss-reactive ketones (excluding diaryl/α,β-unsaturated/α-hetero) is 1. The van der Waals surface area contributed by atoms with Crippen LogP contribution >= 0.6 is 15.9 Å². The van der Waals surface area contributed by atoms with Crippen molar-refractivity contribution in [2.45, 2.75) is 6.18 Å². The first-order chi connectivity index (χ1) is 8.72. The van der Waals surface area contributed by atoms with Crippen molar-refractivity contribution in [1.29, 1.82) is 5.26 Å². The summed E-state index contributed by atoms with van der Waals surface area (Å²) in [5, 5.41) is 19.1. The highest BCUT2D eigenvalue weighted by Crippen LogP contribution is 2.36. The van der Waals surface area contributed by atoms with Crippen molar-refractivity contribution in [3.8, 4) is 6.07 Å². The zero-order chi connectivity index (χ0) is 14.8. The van der Waals surface area contributed by atoms with Crippen molar-refractivity contribution in [3.63, 3.8) is 0 Å². The van der Waals surface area contributed by atoms with Crippen molar-refractivity contribution in [2.24, 2.45) is 0 Å². The lowest BCUT2D eigenvalue weighted by molar-refractivity contribution is -0.385. The second kappa shape index (κ2) is 5.36. The molecule has 19 heavy (non-hydrogen) atoms. The number of hydrogen-bond donors (Lipinski definition) is 0. The predicted octanol–water partition coefficient (Wildman–Crippen LogP) is 3.06. The molecule has 0 fully saturated rings. The fourth-order valence-corrected chi connectivity index (χ4v) is 1.67. The van der Waals surface area contributed by atoms with Gasteiger partial charge in [0.1, 0.15) is 11.6 Å². The topological polar surface area (TPSA) is 84.0 Å². The van der Waals surface area contributed by atoms with E-state index in [4.69, 9.17) is 5.26 Å². The zero-order valence-corrected chi connectivity index (χ0v) is 10.6. The first-order valence-corrected chi connectivity index (χ1v) is 5.73. The number of benzene rings is 1. The van der Waals surface area contributed by atoms with E-state index in [2.05, 4.69) is 15.9 Å². The van der Waals surface area contributed by atoms with E-state index in [0.717, 1.165) is 6.07 Å². The van der Waals surface area contributed by atoms with E-state index in [1.54, 1.807) is 0 Å². The van der Waals surface area contributed by atoms with Crippen molar-refractivity contribution in [3.05, 3.63) is 38.9 Å². The van der Waals surface area contributed by atoms with Gasteiger partial charge in [-0.2, -0.15) is 18.4 Å². The van der Waals surface area contributed by atoms with Gasteiger partial charge in [-0.25, -0.2) is 0 Å². The number of nitro benzene ring substituents is 1. The minimum Gasteiger partial charge on any atom is -0.293 e. The maximum Gasteiger partial charge on any atom is 0.417 e. The molecule has 0 saturated carbocycles. The Hall–Kier alpha value is -1.95. The highest BCUT2D eigenvalue weighted by Gasteiger charge is 2.38. The third-order valence-electron chi connectivity index (χ3n) is 2.17. The number of carbonyl (C=O) groups excluding carboxylic acids is 1. The van der Waals surface area contributed by atoms with Crippen LogP contribution in [0.1, 0.15) is 21.5 Å². The summed E-state index contributed by atoms with van der Waals surface area (Å²) in [5.41, 5.74) is -4.12. The van der Waals surface area contributed by atoms with Crippen LogP contribution in [0.4, 0.5) is 18.9 Å². The summed E-state index contributed by atoms with van der Waals surface area (Å²) in [6.45, 7) is 0. The molecular formula is C10H4BrF3N2O3. The number of rotatable bonds is 3. The fraction of sp³-hybridized carbons (Fsp3) is 0.200. The Bertz CT molecular complexity index is 593. The smallest absolute Gasteiger partial charge is 0.293 e. The first kappa shape index (κ1) is 15.1. The molecule has 0 aliphatic rings. The van der Waals surface area contributed by atoms with Crippen LogP contribution in [0, 0.1) is 21.4 Å². The number of carbonyl (C=O) groups is 1. The summed E-state index contributed by atoms with van der Waals surface area (Å²) in [6.07, 6.45) is -4.96. The highest BCUT2D eigenvalue weighted by molar-refractivity contribution is 9.09. The number of halogens is 4. The molecule has 0 bridgehead atoms. The molecule has 0 aliphatic carbocycles. The van der Waals surface area contributed by atoms with E-state index >= 15 is 0 Å². The number of hydrogen-bond acceptors (Lipinski definition) is 4. The van der Waals surface area contributed by atoms with E-state index in [1.807, 2.05) is 0 Å². The van der Waals surface area contributed by atoms with E-state index in [0.29, 0.717) is 12.1 Å². The van der Waals surface area contributed by atoms with Gasteiger partial charge in [-0.05, 0) is 6.07 Å². The van der Waals surface area contributed by atoms with Gasteiger partial charge in [0.05, 0.1) is 15.8 Å². The Morgan fingerprint density at radius 2 is 2.05 bits per heavy atom. The van der Waals surface area contributed by atoms with Crippen LogP contribution < -0.4 is 0 Å². The molecule has 0 aromatic heterocycles. The van der Waals surface area contributed by atoms with E-state index in [-0.39, 0.29) is 5.33 Å². The van der Waals surface area contributed by atoms with Crippen molar-refractivity contribution in [2.75, 3.05) is 5.33 Å². The summed E-state index contributed by atoms with van der Waals surface area (Å²) in [7, 11) is 0. The third kappa shape index (κ3) is 3.08. The molecule has 1 aromatic rings. The normalized spacial score (nSPS) is 10.9. The Kier molecular flexibility index (Phi) is 4.26. The molecule has 0 saturated heterocycles. The largest absolute Gasteiger partial charge is 0.417 e.